The van der Waals surface area contributed by atoms with Crippen LogP contribution in [0.3, 0.4) is 0 Å². The number of ether oxygens (including phenoxy) is 2. The van der Waals surface area contributed by atoms with E-state index in [0.717, 1.165) is 38.2 Å². The largest absolute Gasteiger partial charge is 0.447 e. The highest BCUT2D eigenvalue weighted by atomic mass is 16.6. The molecule has 0 aromatic heterocycles. The quantitative estimate of drug-likeness (QED) is 0.481. The van der Waals surface area contributed by atoms with Crippen molar-refractivity contribution in [2.24, 2.45) is 10.9 Å². The number of nitrogens with one attached hydrogen (secondary N) is 1. The van der Waals surface area contributed by atoms with Crippen LogP contribution in [0.15, 0.2) is 23.2 Å². The zero-order valence-corrected chi connectivity index (χ0v) is 17.5. The fourth-order valence-corrected chi connectivity index (χ4v) is 5.44. The van der Waals surface area contributed by atoms with Gasteiger partial charge in [-0.15, -0.1) is 0 Å². The highest BCUT2D eigenvalue weighted by molar-refractivity contribution is 5.70. The average Bonchev–Trinajstić information content (AvgIpc) is 3.32. The van der Waals surface area contributed by atoms with Gasteiger partial charge < -0.3 is 14.8 Å². The van der Waals surface area contributed by atoms with Crippen molar-refractivity contribution in [2.75, 3.05) is 19.9 Å². The summed E-state index contributed by atoms with van der Waals surface area (Å²) < 4.78 is 10.5. The highest BCUT2D eigenvalue weighted by Gasteiger charge is 2.46. The first kappa shape index (κ1) is 20.4. The van der Waals surface area contributed by atoms with Crippen molar-refractivity contribution >= 4 is 12.8 Å². The molecule has 2 aliphatic carbocycles. The molecule has 1 saturated carbocycles. The normalized spacial score (nSPS) is 28.2. The minimum atomic E-state index is -0.247. The molecular formula is C24H34N2O3. The van der Waals surface area contributed by atoms with E-state index >= 15 is 0 Å². The monoisotopic (exact) mass is 398 g/mol. The Morgan fingerprint density at radius 2 is 2.17 bits per heavy atom. The summed E-state index contributed by atoms with van der Waals surface area (Å²) in [5, 5.41) is 3.06. The molecule has 1 spiro atoms. The lowest BCUT2D eigenvalue weighted by Gasteiger charge is -2.26. The van der Waals surface area contributed by atoms with Crippen LogP contribution in [-0.4, -0.2) is 38.3 Å². The molecule has 1 N–H and O–H groups in total. The van der Waals surface area contributed by atoms with Gasteiger partial charge in [-0.3, -0.25) is 4.99 Å². The van der Waals surface area contributed by atoms with Gasteiger partial charge in [-0.05, 0) is 80.2 Å². The number of carbonyl (C=O) groups excluding carboxylic acids is 1. The van der Waals surface area contributed by atoms with E-state index in [4.69, 9.17) is 9.47 Å². The molecule has 29 heavy (non-hydrogen) atoms. The van der Waals surface area contributed by atoms with Crippen LogP contribution in [0.25, 0.3) is 0 Å². The van der Waals surface area contributed by atoms with Crippen LogP contribution in [0.4, 0.5) is 4.79 Å². The van der Waals surface area contributed by atoms with Crippen molar-refractivity contribution in [3.63, 3.8) is 0 Å². The summed E-state index contributed by atoms with van der Waals surface area (Å²) >= 11 is 0. The van der Waals surface area contributed by atoms with Crippen LogP contribution in [0.1, 0.15) is 74.0 Å². The Hall–Kier alpha value is -1.88. The van der Waals surface area contributed by atoms with Gasteiger partial charge >= 0.3 is 6.09 Å². The number of aryl methyl sites for hydroxylation is 1. The van der Waals surface area contributed by atoms with Crippen LogP contribution in [0.5, 0.6) is 0 Å². The molecule has 158 valence electrons. The Kier molecular flexibility index (Phi) is 6.53. The third-order valence-electron chi connectivity index (χ3n) is 7.07. The van der Waals surface area contributed by atoms with E-state index in [-0.39, 0.29) is 11.6 Å². The van der Waals surface area contributed by atoms with Crippen molar-refractivity contribution in [3.05, 3.63) is 34.9 Å². The van der Waals surface area contributed by atoms with Gasteiger partial charge in [0.15, 0.2) is 0 Å². The summed E-state index contributed by atoms with van der Waals surface area (Å²) in [6.45, 7) is 5.18. The predicted octanol–water partition coefficient (Wildman–Crippen LogP) is 4.77. The summed E-state index contributed by atoms with van der Waals surface area (Å²) in [6.07, 6.45) is 11.6. The predicted molar refractivity (Wildman–Crippen MR) is 115 cm³/mol. The van der Waals surface area contributed by atoms with E-state index < -0.39 is 0 Å². The van der Waals surface area contributed by atoms with Gasteiger partial charge in [0.2, 0.25) is 0 Å². The minimum Gasteiger partial charge on any atom is -0.447 e. The minimum absolute atomic E-state index is 0.115. The second kappa shape index (κ2) is 9.29. The number of unbranched alkanes of at least 4 members (excludes halogenated alkanes) is 2. The second-order valence-corrected chi connectivity index (χ2v) is 9.17. The summed E-state index contributed by atoms with van der Waals surface area (Å²) in [4.78, 5) is 15.2. The molecule has 2 fully saturated rings. The van der Waals surface area contributed by atoms with Crippen LogP contribution in [0.2, 0.25) is 0 Å². The van der Waals surface area contributed by atoms with Crippen molar-refractivity contribution in [2.45, 2.75) is 75.7 Å². The molecule has 5 heteroatoms. The molecule has 1 aliphatic heterocycles. The Bertz CT molecular complexity index is 735. The molecule has 1 unspecified atom stereocenters. The zero-order chi connectivity index (χ0) is 20.1. The van der Waals surface area contributed by atoms with Crippen molar-refractivity contribution < 1.29 is 14.3 Å². The molecule has 4 rings (SSSR count). The third-order valence-corrected chi connectivity index (χ3v) is 7.07. The fraction of sp³-hybridized carbons (Fsp3) is 0.667. The van der Waals surface area contributed by atoms with Crippen LogP contribution < -0.4 is 5.32 Å². The number of benzene rings is 1. The summed E-state index contributed by atoms with van der Waals surface area (Å²) in [7, 11) is 0. The van der Waals surface area contributed by atoms with E-state index in [1.54, 1.807) is 11.1 Å². The lowest BCUT2D eigenvalue weighted by atomic mass is 9.79. The zero-order valence-electron chi connectivity index (χ0n) is 17.5. The Balaban J connectivity index is 1.25. The maximum Gasteiger partial charge on any atom is 0.407 e. The second-order valence-electron chi connectivity index (χ2n) is 9.17. The van der Waals surface area contributed by atoms with Crippen LogP contribution >= 0.6 is 0 Å². The Morgan fingerprint density at radius 1 is 1.24 bits per heavy atom. The molecule has 1 aromatic rings. The van der Waals surface area contributed by atoms with Crippen LogP contribution in [-0.2, 0) is 22.3 Å². The number of cyclic esters (lactones) is 1. The summed E-state index contributed by atoms with van der Waals surface area (Å²) in [5.41, 5.74) is 4.44. The van der Waals surface area contributed by atoms with Gasteiger partial charge in [-0.25, -0.2) is 4.79 Å². The average molecular weight is 399 g/mol. The van der Waals surface area contributed by atoms with Crippen molar-refractivity contribution in [3.8, 4) is 0 Å². The number of alkyl carbamates (subject to hydrolysis) is 1. The molecule has 1 aromatic carbocycles. The van der Waals surface area contributed by atoms with Gasteiger partial charge in [0.1, 0.15) is 13.3 Å². The first-order valence-electron chi connectivity index (χ1n) is 11.2. The summed E-state index contributed by atoms with van der Waals surface area (Å²) in [6, 6.07) is 7.17. The number of nitrogens with zero attached hydrogens (tertiary/aromatic N) is 1. The highest BCUT2D eigenvalue weighted by Crippen LogP contribution is 2.43. The molecule has 3 aliphatic rings. The molecule has 0 radical (unpaired) electrons. The topological polar surface area (TPSA) is 59.9 Å². The van der Waals surface area contributed by atoms with E-state index in [1.165, 1.54) is 44.1 Å². The molecule has 1 heterocycles. The number of fused-ring (bicyclic) bond motifs is 1. The van der Waals surface area contributed by atoms with Gasteiger partial charge in [-0.1, -0.05) is 37.5 Å². The lowest BCUT2D eigenvalue weighted by molar-refractivity contribution is 0.138. The Labute approximate surface area is 174 Å². The number of hydrogen-bond donors (Lipinski definition) is 1. The van der Waals surface area contributed by atoms with Gasteiger partial charge in [-0.2, -0.15) is 0 Å². The van der Waals surface area contributed by atoms with Gasteiger partial charge in [0.05, 0.1) is 5.54 Å². The maximum absolute atomic E-state index is 11.5. The smallest absolute Gasteiger partial charge is 0.407 e. The maximum atomic E-state index is 11.5. The molecule has 5 nitrogen and oxygen atoms in total. The standard InChI is InChI=1S/C24H34N2O3/c1-25-17-28-12-4-2-3-5-18-6-7-20-14-21(9-8-19(20)13-18)22-10-11-24(15-22)16-29-23(27)26-24/h8-9,14,18,22H,1-7,10-13,15-17H2,(H,26,27)/t18?,22-,24-/m1/s1. The number of amides is 1. The van der Waals surface area contributed by atoms with Crippen molar-refractivity contribution in [1.82, 2.24) is 5.32 Å². The first-order chi connectivity index (χ1) is 14.2. The van der Waals surface area contributed by atoms with E-state index in [0.29, 0.717) is 19.3 Å². The van der Waals surface area contributed by atoms with Crippen molar-refractivity contribution in [1.29, 1.82) is 0 Å². The van der Waals surface area contributed by atoms with Crippen LogP contribution in [0, 0.1) is 5.92 Å². The Morgan fingerprint density at radius 3 is 3.00 bits per heavy atom. The molecule has 0 bridgehead atoms. The van der Waals surface area contributed by atoms with Gasteiger partial charge in [0.25, 0.3) is 0 Å². The lowest BCUT2D eigenvalue weighted by Crippen LogP contribution is -2.40. The number of rotatable bonds is 9. The van der Waals surface area contributed by atoms with E-state index in [2.05, 4.69) is 35.2 Å². The fourth-order valence-electron chi connectivity index (χ4n) is 5.44. The molecule has 1 amide bonds. The molecule has 3 atom stereocenters. The van der Waals surface area contributed by atoms with Gasteiger partial charge in [0, 0.05) is 6.61 Å². The molecular weight excluding hydrogens is 364 g/mol. The SMILES string of the molecule is C=NCOCCCCCC1CCc2cc([C@@H]3CC[C@]4(COC(=O)N4)C3)ccc2C1. The first-order valence-corrected chi connectivity index (χ1v) is 11.2. The number of aliphatic imine (C=N–C) groups is 1. The number of carbonyl (C=O) groups is 1. The molecule has 1 saturated heterocycles. The summed E-state index contributed by atoms with van der Waals surface area (Å²) in [5.74, 6) is 1.36. The van der Waals surface area contributed by atoms with E-state index in [1.807, 2.05) is 0 Å². The number of hydrogen-bond acceptors (Lipinski definition) is 4. The van der Waals surface area contributed by atoms with E-state index in [9.17, 15) is 4.79 Å². The third kappa shape index (κ3) is 5.00.